The monoisotopic (exact) mass is 345 g/mol. The third kappa shape index (κ3) is 3.57. The number of aryl methyl sites for hydroxylation is 1. The second kappa shape index (κ2) is 6.89. The van der Waals surface area contributed by atoms with Crippen molar-refractivity contribution in [1.82, 2.24) is 15.3 Å². The summed E-state index contributed by atoms with van der Waals surface area (Å²) >= 11 is 2.99. The van der Waals surface area contributed by atoms with Crippen LogP contribution in [-0.4, -0.2) is 23.0 Å². The van der Waals surface area contributed by atoms with E-state index < -0.39 is 0 Å². The standard InChI is InChI=1S/C16H15N3O2S2/c1-10-18-11(8-22-10)7-17-15(20)13-9-23-16(19-13)12-5-3-4-6-14(12)21-2/h3-6,8-9H,7H2,1-2H3,(H,17,20). The van der Waals surface area contributed by atoms with Gasteiger partial charge < -0.3 is 10.1 Å². The van der Waals surface area contributed by atoms with Crippen LogP contribution >= 0.6 is 22.7 Å². The minimum atomic E-state index is -0.201. The van der Waals surface area contributed by atoms with E-state index >= 15 is 0 Å². The van der Waals surface area contributed by atoms with Gasteiger partial charge in [-0.1, -0.05) is 12.1 Å². The molecule has 23 heavy (non-hydrogen) atoms. The highest BCUT2D eigenvalue weighted by Gasteiger charge is 2.14. The Hall–Kier alpha value is -2.25. The number of methoxy groups -OCH3 is 1. The summed E-state index contributed by atoms with van der Waals surface area (Å²) in [4.78, 5) is 20.9. The molecule has 0 aliphatic carbocycles. The molecule has 1 N–H and O–H groups in total. The van der Waals surface area contributed by atoms with Crippen LogP contribution in [0.1, 0.15) is 21.2 Å². The molecule has 0 aliphatic rings. The summed E-state index contributed by atoms with van der Waals surface area (Å²) in [7, 11) is 1.62. The topological polar surface area (TPSA) is 64.1 Å². The molecule has 1 amide bonds. The number of para-hydroxylation sites is 1. The van der Waals surface area contributed by atoms with Crippen molar-refractivity contribution in [3.63, 3.8) is 0 Å². The maximum atomic E-state index is 12.2. The first-order valence-corrected chi connectivity index (χ1v) is 8.71. The van der Waals surface area contributed by atoms with Gasteiger partial charge >= 0.3 is 0 Å². The molecule has 5 nitrogen and oxygen atoms in total. The number of thiazole rings is 2. The van der Waals surface area contributed by atoms with Crippen molar-refractivity contribution in [2.24, 2.45) is 0 Å². The third-order valence-corrected chi connectivity index (χ3v) is 4.87. The first-order valence-electron chi connectivity index (χ1n) is 6.95. The molecular formula is C16H15N3O2S2. The number of aromatic nitrogens is 2. The second-order valence-corrected chi connectivity index (χ2v) is 6.70. The Morgan fingerprint density at radius 2 is 2.04 bits per heavy atom. The summed E-state index contributed by atoms with van der Waals surface area (Å²) in [5, 5.41) is 8.28. The summed E-state index contributed by atoms with van der Waals surface area (Å²) in [6.07, 6.45) is 0. The van der Waals surface area contributed by atoms with E-state index in [1.807, 2.05) is 36.6 Å². The number of hydrogen-bond donors (Lipinski definition) is 1. The van der Waals surface area contributed by atoms with Crippen molar-refractivity contribution in [1.29, 1.82) is 0 Å². The van der Waals surface area contributed by atoms with Crippen LogP contribution in [0.2, 0.25) is 0 Å². The van der Waals surface area contributed by atoms with E-state index in [1.165, 1.54) is 11.3 Å². The third-order valence-electron chi connectivity index (χ3n) is 3.17. The molecule has 0 spiro atoms. The number of nitrogens with one attached hydrogen (secondary N) is 1. The second-order valence-electron chi connectivity index (χ2n) is 4.78. The van der Waals surface area contributed by atoms with Crippen LogP contribution in [-0.2, 0) is 6.54 Å². The molecule has 0 saturated heterocycles. The smallest absolute Gasteiger partial charge is 0.271 e. The Kier molecular flexibility index (Phi) is 4.68. The summed E-state index contributed by atoms with van der Waals surface area (Å²) in [6.45, 7) is 2.35. The molecule has 0 bridgehead atoms. The van der Waals surface area contributed by atoms with Gasteiger partial charge in [0.05, 0.1) is 29.9 Å². The van der Waals surface area contributed by atoms with Crippen LogP contribution in [0.4, 0.5) is 0 Å². The van der Waals surface area contributed by atoms with Crippen LogP contribution in [0.25, 0.3) is 10.6 Å². The van der Waals surface area contributed by atoms with Crippen molar-refractivity contribution in [3.8, 4) is 16.3 Å². The van der Waals surface area contributed by atoms with Gasteiger partial charge in [0.1, 0.15) is 16.5 Å². The Bertz CT molecular complexity index is 826. The first-order chi connectivity index (χ1) is 11.2. The largest absolute Gasteiger partial charge is 0.496 e. The predicted molar refractivity (Wildman–Crippen MR) is 92.1 cm³/mol. The average Bonchev–Trinajstić information content (AvgIpc) is 3.21. The Labute approximate surface area is 142 Å². The number of rotatable bonds is 5. The normalized spacial score (nSPS) is 10.5. The molecular weight excluding hydrogens is 330 g/mol. The number of ether oxygens (including phenoxy) is 1. The van der Waals surface area contributed by atoms with Gasteiger partial charge in [-0.05, 0) is 19.1 Å². The fourth-order valence-corrected chi connectivity index (χ4v) is 3.52. The number of carbonyl (C=O) groups is 1. The van der Waals surface area contributed by atoms with Crippen molar-refractivity contribution in [2.45, 2.75) is 13.5 Å². The van der Waals surface area contributed by atoms with Crippen molar-refractivity contribution >= 4 is 28.6 Å². The van der Waals surface area contributed by atoms with E-state index in [0.717, 1.165) is 27.0 Å². The lowest BCUT2D eigenvalue weighted by Crippen LogP contribution is -2.23. The zero-order valence-electron chi connectivity index (χ0n) is 12.7. The van der Waals surface area contributed by atoms with Crippen LogP contribution in [0, 0.1) is 6.92 Å². The number of nitrogens with zero attached hydrogens (tertiary/aromatic N) is 2. The van der Waals surface area contributed by atoms with Crippen LogP contribution < -0.4 is 10.1 Å². The minimum absolute atomic E-state index is 0.201. The maximum absolute atomic E-state index is 12.2. The molecule has 2 heterocycles. The number of hydrogen-bond acceptors (Lipinski definition) is 6. The van der Waals surface area contributed by atoms with Crippen molar-refractivity contribution in [2.75, 3.05) is 7.11 Å². The lowest BCUT2D eigenvalue weighted by atomic mass is 10.2. The summed E-state index contributed by atoms with van der Waals surface area (Å²) in [5.41, 5.74) is 2.15. The molecule has 0 saturated carbocycles. The van der Waals surface area contributed by atoms with Gasteiger partial charge in [0.25, 0.3) is 5.91 Å². The fraction of sp³-hybridized carbons (Fsp3) is 0.188. The fourth-order valence-electron chi connectivity index (χ4n) is 2.07. The Morgan fingerprint density at radius 3 is 2.78 bits per heavy atom. The van der Waals surface area contributed by atoms with Gasteiger partial charge in [-0.15, -0.1) is 22.7 Å². The van der Waals surface area contributed by atoms with E-state index in [2.05, 4.69) is 15.3 Å². The van der Waals surface area contributed by atoms with Crippen molar-refractivity contribution in [3.05, 3.63) is 51.4 Å². The van der Waals surface area contributed by atoms with E-state index in [4.69, 9.17) is 4.74 Å². The molecule has 0 fully saturated rings. The van der Waals surface area contributed by atoms with Gasteiger partial charge in [-0.2, -0.15) is 0 Å². The predicted octanol–water partition coefficient (Wildman–Crippen LogP) is 3.51. The van der Waals surface area contributed by atoms with E-state index in [9.17, 15) is 4.79 Å². The molecule has 3 rings (SSSR count). The van der Waals surface area contributed by atoms with E-state index in [1.54, 1.807) is 23.8 Å². The number of benzene rings is 1. The van der Waals surface area contributed by atoms with Gasteiger partial charge in [-0.25, -0.2) is 9.97 Å². The lowest BCUT2D eigenvalue weighted by Gasteiger charge is -2.04. The SMILES string of the molecule is COc1ccccc1-c1nc(C(=O)NCc2csc(C)n2)cs1. The average molecular weight is 345 g/mol. The molecule has 0 atom stereocenters. The number of carbonyl (C=O) groups excluding carboxylic acids is 1. The molecule has 0 aliphatic heterocycles. The van der Waals surface area contributed by atoms with Gasteiger partial charge in [0.15, 0.2) is 0 Å². The van der Waals surface area contributed by atoms with Gasteiger partial charge in [0, 0.05) is 10.8 Å². The lowest BCUT2D eigenvalue weighted by molar-refractivity contribution is 0.0946. The van der Waals surface area contributed by atoms with Crippen molar-refractivity contribution < 1.29 is 9.53 Å². The molecule has 0 unspecified atom stereocenters. The highest BCUT2D eigenvalue weighted by Crippen LogP contribution is 2.31. The van der Waals surface area contributed by atoms with Gasteiger partial charge in [-0.3, -0.25) is 4.79 Å². The Morgan fingerprint density at radius 1 is 1.22 bits per heavy atom. The minimum Gasteiger partial charge on any atom is -0.496 e. The molecule has 118 valence electrons. The van der Waals surface area contributed by atoms with Gasteiger partial charge in [0.2, 0.25) is 0 Å². The maximum Gasteiger partial charge on any atom is 0.271 e. The molecule has 1 aromatic carbocycles. The summed E-state index contributed by atoms with van der Waals surface area (Å²) in [5.74, 6) is 0.541. The zero-order valence-corrected chi connectivity index (χ0v) is 14.3. The first kappa shape index (κ1) is 15.6. The molecule has 2 aromatic heterocycles. The highest BCUT2D eigenvalue weighted by molar-refractivity contribution is 7.13. The summed E-state index contributed by atoms with van der Waals surface area (Å²) < 4.78 is 5.34. The number of amides is 1. The highest BCUT2D eigenvalue weighted by atomic mass is 32.1. The quantitative estimate of drug-likeness (QED) is 0.768. The molecule has 0 radical (unpaired) electrons. The van der Waals surface area contributed by atoms with Crippen LogP contribution in [0.5, 0.6) is 5.75 Å². The molecule has 7 heteroatoms. The summed E-state index contributed by atoms with van der Waals surface area (Å²) in [6, 6.07) is 7.63. The zero-order chi connectivity index (χ0) is 16.2. The van der Waals surface area contributed by atoms with Crippen LogP contribution in [0.3, 0.4) is 0 Å². The van der Waals surface area contributed by atoms with E-state index in [-0.39, 0.29) is 5.91 Å². The van der Waals surface area contributed by atoms with E-state index in [0.29, 0.717) is 12.2 Å². The molecule has 3 aromatic rings. The Balaban J connectivity index is 1.72. The van der Waals surface area contributed by atoms with Crippen LogP contribution in [0.15, 0.2) is 35.0 Å².